The monoisotopic (exact) mass is 461 g/mol. The predicted molar refractivity (Wildman–Crippen MR) is 114 cm³/mol. The first-order valence-electron chi connectivity index (χ1n) is 9.11. The molecular formula is C18H32IN5O. The van der Waals surface area contributed by atoms with Gasteiger partial charge in [-0.05, 0) is 44.9 Å². The average molecular weight is 461 g/mol. The number of aliphatic imine (C=N–C) groups is 1. The lowest BCUT2D eigenvalue weighted by Gasteiger charge is -2.32. The first-order chi connectivity index (χ1) is 11.8. The molecule has 0 spiro atoms. The number of hydrogen-bond donors (Lipinski definition) is 2. The second-order valence-corrected chi connectivity index (χ2v) is 6.06. The van der Waals surface area contributed by atoms with Crippen molar-refractivity contribution in [2.45, 2.75) is 39.2 Å². The highest BCUT2D eigenvalue weighted by atomic mass is 127. The Hall–Kier alpha value is -1.09. The van der Waals surface area contributed by atoms with Gasteiger partial charge in [0.15, 0.2) is 5.96 Å². The second kappa shape index (κ2) is 13.2. The number of piperidine rings is 1. The van der Waals surface area contributed by atoms with E-state index in [-0.39, 0.29) is 24.0 Å². The summed E-state index contributed by atoms with van der Waals surface area (Å²) < 4.78 is 5.63. The summed E-state index contributed by atoms with van der Waals surface area (Å²) >= 11 is 0. The Balaban J connectivity index is 0.00000312. The first-order valence-corrected chi connectivity index (χ1v) is 9.11. The number of aromatic nitrogens is 1. The summed E-state index contributed by atoms with van der Waals surface area (Å²) in [6, 6.07) is 4.29. The number of pyridine rings is 1. The van der Waals surface area contributed by atoms with E-state index in [0.717, 1.165) is 18.3 Å². The zero-order valence-corrected chi connectivity index (χ0v) is 17.7. The molecule has 0 bridgehead atoms. The molecule has 0 radical (unpaired) electrons. The van der Waals surface area contributed by atoms with Gasteiger partial charge in [-0.3, -0.25) is 4.98 Å². The molecule has 1 aliphatic rings. The van der Waals surface area contributed by atoms with Crippen LogP contribution in [0.2, 0.25) is 0 Å². The summed E-state index contributed by atoms with van der Waals surface area (Å²) in [6.07, 6.45) is 7.05. The number of guanidine groups is 1. The third kappa shape index (κ3) is 8.71. The van der Waals surface area contributed by atoms with Crippen molar-refractivity contribution in [2.24, 2.45) is 4.99 Å². The van der Waals surface area contributed by atoms with Crippen LogP contribution in [0, 0.1) is 0 Å². The van der Waals surface area contributed by atoms with Gasteiger partial charge in [0, 0.05) is 31.9 Å². The van der Waals surface area contributed by atoms with Crippen molar-refractivity contribution >= 4 is 29.9 Å². The van der Waals surface area contributed by atoms with E-state index in [0.29, 0.717) is 19.2 Å². The lowest BCUT2D eigenvalue weighted by Crippen LogP contribution is -2.48. The van der Waals surface area contributed by atoms with Crippen LogP contribution in [0.15, 0.2) is 29.5 Å². The normalized spacial score (nSPS) is 16.2. The molecule has 2 heterocycles. The van der Waals surface area contributed by atoms with Crippen LogP contribution in [-0.2, 0) is 0 Å². The minimum atomic E-state index is 0. The number of halogens is 1. The van der Waals surface area contributed by atoms with Crippen LogP contribution in [0.5, 0.6) is 5.75 Å². The molecule has 1 aliphatic heterocycles. The van der Waals surface area contributed by atoms with Crippen molar-refractivity contribution < 1.29 is 4.74 Å². The van der Waals surface area contributed by atoms with Gasteiger partial charge in [0.05, 0.1) is 12.7 Å². The Labute approximate surface area is 168 Å². The van der Waals surface area contributed by atoms with Gasteiger partial charge in [-0.15, -0.1) is 24.0 Å². The van der Waals surface area contributed by atoms with E-state index in [4.69, 9.17) is 4.74 Å². The molecule has 0 saturated carbocycles. The summed E-state index contributed by atoms with van der Waals surface area (Å²) in [7, 11) is 0. The smallest absolute Gasteiger partial charge is 0.191 e. The third-order valence-corrected chi connectivity index (χ3v) is 4.08. The molecule has 0 atom stereocenters. The van der Waals surface area contributed by atoms with Crippen LogP contribution in [0.1, 0.15) is 33.1 Å². The van der Waals surface area contributed by atoms with Gasteiger partial charge in [0.2, 0.25) is 0 Å². The third-order valence-electron chi connectivity index (χ3n) is 4.08. The van der Waals surface area contributed by atoms with Gasteiger partial charge < -0.3 is 20.3 Å². The molecule has 0 amide bonds. The second-order valence-electron chi connectivity index (χ2n) is 6.06. The van der Waals surface area contributed by atoms with Gasteiger partial charge in [-0.2, -0.15) is 0 Å². The van der Waals surface area contributed by atoms with Gasteiger partial charge in [0.1, 0.15) is 12.4 Å². The lowest BCUT2D eigenvalue weighted by atomic mass is 10.1. The average Bonchev–Trinajstić information content (AvgIpc) is 2.61. The van der Waals surface area contributed by atoms with Crippen LogP contribution < -0.4 is 15.4 Å². The zero-order valence-electron chi connectivity index (χ0n) is 15.4. The topological polar surface area (TPSA) is 61.8 Å². The molecule has 1 aromatic heterocycles. The molecule has 1 fully saturated rings. The summed E-state index contributed by atoms with van der Waals surface area (Å²) in [4.78, 5) is 11.2. The van der Waals surface area contributed by atoms with E-state index in [1.54, 1.807) is 12.4 Å². The molecule has 0 unspecified atom stereocenters. The molecular weight excluding hydrogens is 429 g/mol. The van der Waals surface area contributed by atoms with Crippen molar-refractivity contribution in [3.8, 4) is 5.75 Å². The highest BCUT2D eigenvalue weighted by molar-refractivity contribution is 14.0. The number of hydrogen-bond acceptors (Lipinski definition) is 4. The Morgan fingerprint density at radius 1 is 1.36 bits per heavy atom. The molecule has 0 aromatic carbocycles. The van der Waals surface area contributed by atoms with Gasteiger partial charge >= 0.3 is 0 Å². The predicted octanol–water partition coefficient (Wildman–Crippen LogP) is 2.51. The number of nitrogens with zero attached hydrogens (tertiary/aromatic N) is 3. The standard InChI is InChI=1S/C18H31N5O.HI/c1-3-11-23-12-7-16(8-13-23)22-18(20-4-2)21-10-14-24-17-6-5-9-19-15-17;/h5-6,9,15-16H,3-4,7-8,10-14H2,1-2H3,(H2,20,21,22);1H. The summed E-state index contributed by atoms with van der Waals surface area (Å²) in [5, 5.41) is 6.88. The Bertz CT molecular complexity index is 478. The van der Waals surface area contributed by atoms with E-state index in [1.807, 2.05) is 12.1 Å². The molecule has 6 nitrogen and oxygen atoms in total. The maximum absolute atomic E-state index is 5.63. The molecule has 2 rings (SSSR count). The number of likely N-dealkylation sites (tertiary alicyclic amines) is 1. The van der Waals surface area contributed by atoms with Crippen LogP contribution in [0.25, 0.3) is 0 Å². The lowest BCUT2D eigenvalue weighted by molar-refractivity contribution is 0.206. The van der Waals surface area contributed by atoms with E-state index in [2.05, 4.69) is 39.4 Å². The van der Waals surface area contributed by atoms with Crippen molar-refractivity contribution in [1.29, 1.82) is 0 Å². The molecule has 2 N–H and O–H groups in total. The van der Waals surface area contributed by atoms with Crippen molar-refractivity contribution in [3.05, 3.63) is 24.5 Å². The van der Waals surface area contributed by atoms with E-state index in [9.17, 15) is 0 Å². The molecule has 142 valence electrons. The first kappa shape index (κ1) is 22.0. The summed E-state index contributed by atoms with van der Waals surface area (Å²) in [5.41, 5.74) is 0. The van der Waals surface area contributed by atoms with Gasteiger partial charge in [-0.1, -0.05) is 6.92 Å². The van der Waals surface area contributed by atoms with E-state index < -0.39 is 0 Å². The van der Waals surface area contributed by atoms with Gasteiger partial charge in [-0.25, -0.2) is 4.99 Å². The number of nitrogens with one attached hydrogen (secondary N) is 2. The molecule has 0 aliphatic carbocycles. The minimum Gasteiger partial charge on any atom is -0.490 e. The molecule has 1 aromatic rings. The van der Waals surface area contributed by atoms with Crippen molar-refractivity contribution in [2.75, 3.05) is 39.3 Å². The van der Waals surface area contributed by atoms with E-state index in [1.165, 1.54) is 38.9 Å². The summed E-state index contributed by atoms with van der Waals surface area (Å²) in [6.45, 7) is 9.94. The zero-order chi connectivity index (χ0) is 17.0. The van der Waals surface area contributed by atoms with Crippen LogP contribution in [0.4, 0.5) is 0 Å². The Morgan fingerprint density at radius 3 is 2.80 bits per heavy atom. The fraction of sp³-hybridized carbons (Fsp3) is 0.667. The Morgan fingerprint density at radius 2 is 2.16 bits per heavy atom. The van der Waals surface area contributed by atoms with Crippen LogP contribution in [0.3, 0.4) is 0 Å². The van der Waals surface area contributed by atoms with Gasteiger partial charge in [0.25, 0.3) is 0 Å². The SMILES string of the molecule is CCCN1CCC(NC(=NCCOc2cccnc2)NCC)CC1.I. The molecule has 7 heteroatoms. The maximum Gasteiger partial charge on any atom is 0.191 e. The minimum absolute atomic E-state index is 0. The van der Waals surface area contributed by atoms with Crippen LogP contribution in [-0.4, -0.2) is 61.2 Å². The molecule has 25 heavy (non-hydrogen) atoms. The highest BCUT2D eigenvalue weighted by Crippen LogP contribution is 2.10. The fourth-order valence-electron chi connectivity index (χ4n) is 2.88. The van der Waals surface area contributed by atoms with E-state index >= 15 is 0 Å². The summed E-state index contributed by atoms with van der Waals surface area (Å²) in [5.74, 6) is 1.68. The number of ether oxygens (including phenoxy) is 1. The highest BCUT2D eigenvalue weighted by Gasteiger charge is 2.19. The maximum atomic E-state index is 5.63. The largest absolute Gasteiger partial charge is 0.490 e. The fourth-order valence-corrected chi connectivity index (χ4v) is 2.88. The van der Waals surface area contributed by atoms with Crippen molar-refractivity contribution in [1.82, 2.24) is 20.5 Å². The van der Waals surface area contributed by atoms with Crippen LogP contribution >= 0.6 is 24.0 Å². The quantitative estimate of drug-likeness (QED) is 0.270. The van der Waals surface area contributed by atoms with Crippen molar-refractivity contribution in [3.63, 3.8) is 0 Å². The number of rotatable bonds is 8. The molecule has 1 saturated heterocycles. The Kier molecular flexibility index (Phi) is 11.6.